The van der Waals surface area contributed by atoms with E-state index >= 15 is 0 Å². The largest absolute Gasteiger partial charge is 0.458 e. The number of halogens is 3. The molecule has 3 saturated carbocycles. The molecule has 0 spiro atoms. The molecule has 1 aromatic rings. The van der Waals surface area contributed by atoms with Crippen LogP contribution < -0.4 is 5.32 Å². The molecule has 6 nitrogen and oxygen atoms in total. The van der Waals surface area contributed by atoms with E-state index in [1.54, 1.807) is 0 Å². The molecule has 1 N–H and O–H groups in total. The minimum Gasteiger partial charge on any atom is -0.458 e. The summed E-state index contributed by atoms with van der Waals surface area (Å²) in [5, 5.41) is 5.29. The quantitative estimate of drug-likeness (QED) is 0.858. The fourth-order valence-electron chi connectivity index (χ4n) is 2.67. The summed E-state index contributed by atoms with van der Waals surface area (Å²) in [6.45, 7) is 1.40. The number of nitrogens with zero attached hydrogens (tertiary/aromatic N) is 1. The van der Waals surface area contributed by atoms with Gasteiger partial charge in [0.15, 0.2) is 5.69 Å². The third kappa shape index (κ3) is 2.55. The summed E-state index contributed by atoms with van der Waals surface area (Å²) < 4.78 is 46.4. The van der Waals surface area contributed by atoms with Crippen molar-refractivity contribution in [3.63, 3.8) is 0 Å². The summed E-state index contributed by atoms with van der Waals surface area (Å²) in [6, 6.07) is -0.498. The van der Waals surface area contributed by atoms with Crippen molar-refractivity contribution in [1.29, 1.82) is 0 Å². The van der Waals surface area contributed by atoms with Gasteiger partial charge in [0.05, 0.1) is 0 Å². The summed E-state index contributed by atoms with van der Waals surface area (Å²) in [4.78, 5) is 23.6. The minimum absolute atomic E-state index is 0.377. The van der Waals surface area contributed by atoms with Crippen molar-refractivity contribution < 1.29 is 32.0 Å². The van der Waals surface area contributed by atoms with Gasteiger partial charge in [-0.1, -0.05) is 5.16 Å². The van der Waals surface area contributed by atoms with Crippen molar-refractivity contribution in [3.05, 3.63) is 17.5 Å². The van der Waals surface area contributed by atoms with Gasteiger partial charge in [-0.15, -0.1) is 0 Å². The molecule has 3 aliphatic carbocycles. The Bertz CT molecular complexity index is 608. The van der Waals surface area contributed by atoms with Crippen LogP contribution >= 0.6 is 0 Å². The number of hydrogen-bond acceptors (Lipinski definition) is 5. The van der Waals surface area contributed by atoms with E-state index in [1.165, 1.54) is 6.92 Å². The van der Waals surface area contributed by atoms with Crippen LogP contribution in [0.5, 0.6) is 0 Å². The number of aromatic nitrogens is 1. The average molecular weight is 318 g/mol. The Morgan fingerprint density at radius 2 is 2.09 bits per heavy atom. The van der Waals surface area contributed by atoms with E-state index in [1.807, 2.05) is 0 Å². The fourth-order valence-corrected chi connectivity index (χ4v) is 2.67. The van der Waals surface area contributed by atoms with Gasteiger partial charge in [0, 0.05) is 6.07 Å². The van der Waals surface area contributed by atoms with E-state index in [-0.39, 0.29) is 5.60 Å². The number of carbonyl (C=O) groups is 2. The van der Waals surface area contributed by atoms with E-state index < -0.39 is 35.5 Å². The van der Waals surface area contributed by atoms with Gasteiger partial charge in [0.1, 0.15) is 11.6 Å². The molecule has 1 heterocycles. The molecule has 4 rings (SSSR count). The third-order valence-electron chi connectivity index (χ3n) is 4.02. The number of alkyl halides is 3. The van der Waals surface area contributed by atoms with Crippen molar-refractivity contribution in [1.82, 2.24) is 10.5 Å². The normalized spacial score (nSPS) is 27.4. The van der Waals surface area contributed by atoms with E-state index in [4.69, 9.17) is 4.74 Å². The molecule has 0 aliphatic heterocycles. The van der Waals surface area contributed by atoms with Crippen molar-refractivity contribution in [2.45, 2.75) is 44.0 Å². The highest BCUT2D eigenvalue weighted by Gasteiger charge is 2.60. The maximum Gasteiger partial charge on any atom is 0.452 e. The molecule has 0 saturated heterocycles. The van der Waals surface area contributed by atoms with Gasteiger partial charge in [0.2, 0.25) is 5.76 Å². The van der Waals surface area contributed by atoms with E-state index in [9.17, 15) is 22.8 Å². The Morgan fingerprint density at radius 1 is 1.45 bits per heavy atom. The first-order valence-corrected chi connectivity index (χ1v) is 6.76. The highest BCUT2D eigenvalue weighted by Crippen LogP contribution is 2.59. The average Bonchev–Trinajstić information content (AvgIpc) is 2.80. The fraction of sp³-hybridized carbons (Fsp3) is 0.615. The SMILES string of the molecule is CC(NC(=O)c1cc(C(F)(F)F)on1)C(=O)OC12CC(C1)C2. The molecular formula is C13H13F3N2O4. The first-order chi connectivity index (χ1) is 10.2. The zero-order valence-electron chi connectivity index (χ0n) is 11.6. The van der Waals surface area contributed by atoms with Crippen LogP contribution in [0.4, 0.5) is 13.2 Å². The lowest BCUT2D eigenvalue weighted by Crippen LogP contribution is -2.61. The lowest BCUT2D eigenvalue weighted by molar-refractivity contribution is -0.225. The highest BCUT2D eigenvalue weighted by atomic mass is 19.4. The zero-order chi connectivity index (χ0) is 16.1. The molecule has 1 unspecified atom stereocenters. The van der Waals surface area contributed by atoms with Gasteiger partial charge in [-0.3, -0.25) is 4.79 Å². The van der Waals surface area contributed by atoms with E-state index in [0.717, 1.165) is 19.3 Å². The molecule has 120 valence electrons. The number of carbonyl (C=O) groups excluding carboxylic acids is 2. The van der Waals surface area contributed by atoms with Crippen LogP contribution in [0.1, 0.15) is 42.4 Å². The molecule has 3 aliphatic rings. The van der Waals surface area contributed by atoms with Gasteiger partial charge < -0.3 is 14.6 Å². The maximum atomic E-state index is 12.4. The number of esters is 1. The Morgan fingerprint density at radius 3 is 2.55 bits per heavy atom. The van der Waals surface area contributed by atoms with Gasteiger partial charge >= 0.3 is 12.1 Å². The Kier molecular flexibility index (Phi) is 3.19. The van der Waals surface area contributed by atoms with E-state index in [0.29, 0.717) is 12.0 Å². The Balaban J connectivity index is 1.56. The van der Waals surface area contributed by atoms with Crippen LogP contribution in [0.2, 0.25) is 0 Å². The number of rotatable bonds is 4. The van der Waals surface area contributed by atoms with Crippen molar-refractivity contribution in [3.8, 4) is 0 Å². The van der Waals surface area contributed by atoms with Crippen molar-refractivity contribution >= 4 is 11.9 Å². The maximum absolute atomic E-state index is 12.4. The van der Waals surface area contributed by atoms with Gasteiger partial charge in [-0.25, -0.2) is 4.79 Å². The molecule has 2 bridgehead atoms. The van der Waals surface area contributed by atoms with Gasteiger partial charge in [-0.05, 0) is 32.1 Å². The summed E-state index contributed by atoms with van der Waals surface area (Å²) in [7, 11) is 0. The molecule has 1 atom stereocenters. The van der Waals surface area contributed by atoms with Gasteiger partial charge in [-0.2, -0.15) is 13.2 Å². The van der Waals surface area contributed by atoms with Crippen LogP contribution in [0.15, 0.2) is 10.6 Å². The first kappa shape index (κ1) is 14.9. The molecule has 9 heteroatoms. The number of ether oxygens (including phenoxy) is 1. The topological polar surface area (TPSA) is 81.4 Å². The first-order valence-electron chi connectivity index (χ1n) is 6.76. The standard InChI is InChI=1S/C13H13F3N2O4/c1-6(11(20)21-12-3-7(4-12)5-12)17-10(19)8-2-9(22-18-8)13(14,15)16/h2,6-7H,3-5H2,1H3,(H,17,19). The van der Waals surface area contributed by atoms with Gasteiger partial charge in [0.25, 0.3) is 5.91 Å². The second-order valence-corrected chi connectivity index (χ2v) is 5.85. The van der Waals surface area contributed by atoms with Crippen LogP contribution in [0.3, 0.4) is 0 Å². The van der Waals surface area contributed by atoms with E-state index in [2.05, 4.69) is 15.0 Å². The van der Waals surface area contributed by atoms with Crippen LogP contribution in [-0.4, -0.2) is 28.7 Å². The Labute approximate surface area is 123 Å². The predicted molar refractivity (Wildman–Crippen MR) is 64.6 cm³/mol. The lowest BCUT2D eigenvalue weighted by Gasteiger charge is -2.60. The molecule has 0 radical (unpaired) electrons. The lowest BCUT2D eigenvalue weighted by atomic mass is 9.52. The molecule has 0 aromatic carbocycles. The monoisotopic (exact) mass is 318 g/mol. The van der Waals surface area contributed by atoms with Crippen LogP contribution in [-0.2, 0) is 15.7 Å². The summed E-state index contributed by atoms with van der Waals surface area (Å²) in [5.74, 6) is -2.28. The number of amides is 1. The van der Waals surface area contributed by atoms with Crippen molar-refractivity contribution in [2.75, 3.05) is 0 Å². The summed E-state index contributed by atoms with van der Waals surface area (Å²) in [6.07, 6.45) is -2.19. The molecular weight excluding hydrogens is 305 g/mol. The molecule has 1 amide bonds. The number of hydrogen-bond donors (Lipinski definition) is 1. The zero-order valence-corrected chi connectivity index (χ0v) is 11.6. The highest BCUT2D eigenvalue weighted by molar-refractivity contribution is 5.95. The smallest absolute Gasteiger partial charge is 0.452 e. The predicted octanol–water partition coefficient (Wildman–Crippen LogP) is 1.91. The van der Waals surface area contributed by atoms with Crippen LogP contribution in [0.25, 0.3) is 0 Å². The second kappa shape index (κ2) is 4.72. The summed E-state index contributed by atoms with van der Waals surface area (Å²) >= 11 is 0. The summed E-state index contributed by atoms with van der Waals surface area (Å²) in [5.41, 5.74) is -0.921. The third-order valence-corrected chi connectivity index (χ3v) is 4.02. The molecule has 1 aromatic heterocycles. The van der Waals surface area contributed by atoms with Crippen LogP contribution in [0, 0.1) is 5.92 Å². The minimum atomic E-state index is -4.72. The van der Waals surface area contributed by atoms with Crippen molar-refractivity contribution in [2.24, 2.45) is 5.92 Å². The number of nitrogens with one attached hydrogen (secondary N) is 1. The Hall–Kier alpha value is -2.06. The molecule has 3 fully saturated rings. The second-order valence-electron chi connectivity index (χ2n) is 5.85. The molecule has 22 heavy (non-hydrogen) atoms.